The first kappa shape index (κ1) is 14.0. The molecule has 0 unspecified atom stereocenters. The van der Waals surface area contributed by atoms with Crippen molar-refractivity contribution in [3.8, 4) is 0 Å². The van der Waals surface area contributed by atoms with Gasteiger partial charge in [0.1, 0.15) is 0 Å². The van der Waals surface area contributed by atoms with Crippen LogP contribution in [-0.2, 0) is 6.42 Å². The predicted molar refractivity (Wildman–Crippen MR) is 76.2 cm³/mol. The number of benzene rings is 1. The summed E-state index contributed by atoms with van der Waals surface area (Å²) < 4.78 is 0. The number of anilines is 1. The third-order valence-corrected chi connectivity index (χ3v) is 3.16. The molecule has 2 N–H and O–H groups in total. The van der Waals surface area contributed by atoms with Crippen molar-refractivity contribution in [2.45, 2.75) is 39.0 Å². The summed E-state index contributed by atoms with van der Waals surface area (Å²) in [4.78, 5) is 2.42. The minimum Gasteiger partial charge on any atom is -0.399 e. The molecule has 1 rings (SSSR count). The van der Waals surface area contributed by atoms with Crippen LogP contribution in [0.2, 0.25) is 0 Å². The first-order chi connectivity index (χ1) is 8.22. The van der Waals surface area contributed by atoms with Crippen molar-refractivity contribution >= 4 is 5.69 Å². The lowest BCUT2D eigenvalue weighted by atomic mass is 10.1. The molecule has 2 nitrogen and oxygen atoms in total. The zero-order chi connectivity index (χ0) is 12.5. The minimum absolute atomic E-state index is 0.849. The van der Waals surface area contributed by atoms with Gasteiger partial charge < -0.3 is 10.6 Å². The molecule has 1 aromatic rings. The molecule has 0 radical (unpaired) electrons. The van der Waals surface area contributed by atoms with Crippen molar-refractivity contribution in [1.29, 1.82) is 0 Å². The van der Waals surface area contributed by atoms with Crippen LogP contribution in [0.3, 0.4) is 0 Å². The van der Waals surface area contributed by atoms with E-state index in [1.54, 1.807) is 0 Å². The second kappa shape index (κ2) is 8.13. The Morgan fingerprint density at radius 1 is 1.00 bits per heavy atom. The average Bonchev–Trinajstić information content (AvgIpc) is 2.34. The minimum atomic E-state index is 0.849. The molecule has 0 amide bonds. The molecule has 0 saturated carbocycles. The van der Waals surface area contributed by atoms with Crippen LogP contribution in [0.5, 0.6) is 0 Å². The van der Waals surface area contributed by atoms with Crippen LogP contribution < -0.4 is 5.73 Å². The summed E-state index contributed by atoms with van der Waals surface area (Å²) >= 11 is 0. The maximum atomic E-state index is 5.67. The van der Waals surface area contributed by atoms with Crippen molar-refractivity contribution in [1.82, 2.24) is 4.90 Å². The largest absolute Gasteiger partial charge is 0.399 e. The van der Waals surface area contributed by atoms with Gasteiger partial charge in [0.2, 0.25) is 0 Å². The first-order valence-electron chi connectivity index (χ1n) is 6.75. The highest BCUT2D eigenvalue weighted by atomic mass is 15.1. The Morgan fingerprint density at radius 3 is 2.35 bits per heavy atom. The van der Waals surface area contributed by atoms with E-state index in [-0.39, 0.29) is 0 Å². The van der Waals surface area contributed by atoms with Crippen LogP contribution in [-0.4, -0.2) is 25.0 Å². The van der Waals surface area contributed by atoms with Gasteiger partial charge in [0.05, 0.1) is 0 Å². The van der Waals surface area contributed by atoms with E-state index in [4.69, 9.17) is 5.73 Å². The maximum Gasteiger partial charge on any atom is 0.0314 e. The third kappa shape index (κ3) is 6.32. The Hall–Kier alpha value is -1.02. The van der Waals surface area contributed by atoms with Gasteiger partial charge in [-0.05, 0) is 44.1 Å². The first-order valence-corrected chi connectivity index (χ1v) is 6.75. The highest BCUT2D eigenvalue weighted by Gasteiger charge is 1.99. The summed E-state index contributed by atoms with van der Waals surface area (Å²) in [7, 11) is 2.21. The molecule has 0 atom stereocenters. The van der Waals surface area contributed by atoms with E-state index in [9.17, 15) is 0 Å². The number of unbranched alkanes of at least 4 members (excludes halogenated alkanes) is 3. The number of rotatable bonds is 8. The summed E-state index contributed by atoms with van der Waals surface area (Å²) in [6, 6.07) is 8.22. The maximum absolute atomic E-state index is 5.67. The van der Waals surface area contributed by atoms with Crippen LogP contribution in [0.25, 0.3) is 0 Å². The van der Waals surface area contributed by atoms with Gasteiger partial charge in [-0.1, -0.05) is 38.3 Å². The molecule has 0 aliphatic heterocycles. The van der Waals surface area contributed by atoms with Crippen LogP contribution in [0.1, 0.15) is 38.2 Å². The van der Waals surface area contributed by atoms with E-state index in [1.165, 1.54) is 37.8 Å². The van der Waals surface area contributed by atoms with E-state index in [0.29, 0.717) is 0 Å². The van der Waals surface area contributed by atoms with Crippen LogP contribution in [0, 0.1) is 0 Å². The second-order valence-corrected chi connectivity index (χ2v) is 4.86. The number of nitrogens with two attached hydrogens (primary N) is 1. The van der Waals surface area contributed by atoms with Crippen molar-refractivity contribution in [2.24, 2.45) is 0 Å². The van der Waals surface area contributed by atoms with Crippen molar-refractivity contribution in [3.05, 3.63) is 29.8 Å². The standard InChI is InChI=1S/C15H26N2/c1-3-4-5-6-12-17(2)13-11-14-7-9-15(16)10-8-14/h7-10H,3-6,11-13,16H2,1-2H3. The van der Waals surface area contributed by atoms with E-state index in [1.807, 2.05) is 12.1 Å². The quantitative estimate of drug-likeness (QED) is 0.552. The smallest absolute Gasteiger partial charge is 0.0314 e. The molecule has 0 saturated heterocycles. The highest BCUT2D eigenvalue weighted by molar-refractivity contribution is 5.39. The number of likely N-dealkylation sites (N-methyl/N-ethyl adjacent to an activating group) is 1. The molecule has 0 aliphatic rings. The zero-order valence-corrected chi connectivity index (χ0v) is 11.3. The lowest BCUT2D eigenvalue weighted by molar-refractivity contribution is 0.328. The van der Waals surface area contributed by atoms with E-state index < -0.39 is 0 Å². The number of nitrogens with zero attached hydrogens (tertiary/aromatic N) is 1. The van der Waals surface area contributed by atoms with Gasteiger partial charge in [0.15, 0.2) is 0 Å². The average molecular weight is 234 g/mol. The van der Waals surface area contributed by atoms with Gasteiger partial charge >= 0.3 is 0 Å². The number of hydrogen-bond donors (Lipinski definition) is 1. The summed E-state index contributed by atoms with van der Waals surface area (Å²) in [5.41, 5.74) is 7.89. The fourth-order valence-corrected chi connectivity index (χ4v) is 1.92. The molecule has 0 spiro atoms. The lowest BCUT2D eigenvalue weighted by Crippen LogP contribution is -2.22. The van der Waals surface area contributed by atoms with E-state index in [0.717, 1.165) is 18.7 Å². The molecule has 17 heavy (non-hydrogen) atoms. The van der Waals surface area contributed by atoms with Gasteiger partial charge in [-0.3, -0.25) is 0 Å². The Kier molecular flexibility index (Phi) is 6.71. The Bertz CT molecular complexity index is 292. The molecule has 0 aromatic heterocycles. The zero-order valence-electron chi connectivity index (χ0n) is 11.3. The molecule has 1 aromatic carbocycles. The molecule has 0 bridgehead atoms. The molecule has 0 fully saturated rings. The topological polar surface area (TPSA) is 29.3 Å². The van der Waals surface area contributed by atoms with Crippen LogP contribution in [0.4, 0.5) is 5.69 Å². The third-order valence-electron chi connectivity index (χ3n) is 3.16. The fraction of sp³-hybridized carbons (Fsp3) is 0.600. The predicted octanol–water partition coefficient (Wildman–Crippen LogP) is 3.32. The highest BCUT2D eigenvalue weighted by Crippen LogP contribution is 2.07. The van der Waals surface area contributed by atoms with Crippen molar-refractivity contribution in [2.75, 3.05) is 25.9 Å². The Morgan fingerprint density at radius 2 is 1.71 bits per heavy atom. The van der Waals surface area contributed by atoms with Gasteiger partial charge in [0.25, 0.3) is 0 Å². The van der Waals surface area contributed by atoms with Crippen molar-refractivity contribution in [3.63, 3.8) is 0 Å². The van der Waals surface area contributed by atoms with E-state index >= 15 is 0 Å². The van der Waals surface area contributed by atoms with Crippen LogP contribution >= 0.6 is 0 Å². The molecular formula is C15H26N2. The molecule has 96 valence electrons. The number of hydrogen-bond acceptors (Lipinski definition) is 2. The summed E-state index contributed by atoms with van der Waals surface area (Å²) in [5.74, 6) is 0. The summed E-state index contributed by atoms with van der Waals surface area (Å²) in [6.45, 7) is 4.61. The lowest BCUT2D eigenvalue weighted by Gasteiger charge is -2.16. The van der Waals surface area contributed by atoms with E-state index in [2.05, 4.69) is 31.0 Å². The second-order valence-electron chi connectivity index (χ2n) is 4.86. The van der Waals surface area contributed by atoms with Gasteiger partial charge in [-0.15, -0.1) is 0 Å². The Labute approximate surface area is 106 Å². The number of nitrogen functional groups attached to an aromatic ring is 1. The molecule has 0 heterocycles. The summed E-state index contributed by atoms with van der Waals surface area (Å²) in [5, 5.41) is 0. The van der Waals surface area contributed by atoms with Gasteiger partial charge in [-0.2, -0.15) is 0 Å². The monoisotopic (exact) mass is 234 g/mol. The van der Waals surface area contributed by atoms with Crippen LogP contribution in [0.15, 0.2) is 24.3 Å². The Balaban J connectivity index is 2.14. The SMILES string of the molecule is CCCCCCN(C)CCc1ccc(N)cc1. The fourth-order valence-electron chi connectivity index (χ4n) is 1.92. The van der Waals surface area contributed by atoms with Crippen molar-refractivity contribution < 1.29 is 0 Å². The van der Waals surface area contributed by atoms with Gasteiger partial charge in [0, 0.05) is 12.2 Å². The molecule has 0 aliphatic carbocycles. The summed E-state index contributed by atoms with van der Waals surface area (Å²) in [6.07, 6.45) is 6.49. The van der Waals surface area contributed by atoms with Gasteiger partial charge in [-0.25, -0.2) is 0 Å². The molecule has 2 heteroatoms. The normalized spacial score (nSPS) is 11.0. The molecular weight excluding hydrogens is 208 g/mol.